The number of anilines is 2. The topological polar surface area (TPSA) is 85.6 Å². The molecule has 0 aliphatic rings. The van der Waals surface area contributed by atoms with E-state index in [-0.39, 0.29) is 17.7 Å². The summed E-state index contributed by atoms with van der Waals surface area (Å²) in [7, 11) is 3.26. The molecule has 1 amide bonds. The average Bonchev–Trinajstić information content (AvgIpc) is 3.53. The van der Waals surface area contributed by atoms with Gasteiger partial charge in [0.1, 0.15) is 22.3 Å². The van der Waals surface area contributed by atoms with E-state index < -0.39 is 0 Å². The van der Waals surface area contributed by atoms with Crippen LogP contribution in [-0.2, 0) is 6.42 Å². The van der Waals surface area contributed by atoms with Gasteiger partial charge in [0.25, 0.3) is 5.91 Å². The molecule has 1 atom stereocenters. The lowest BCUT2D eigenvalue weighted by atomic mass is 9.98. The van der Waals surface area contributed by atoms with Crippen LogP contribution in [0.4, 0.5) is 10.8 Å². The number of carbonyl (C=O) groups excluding carboxylic acids is 1. The number of rotatable bonds is 9. The normalized spacial score (nSPS) is 11.6. The van der Waals surface area contributed by atoms with Crippen LogP contribution in [0.2, 0.25) is 0 Å². The van der Waals surface area contributed by atoms with Crippen molar-refractivity contribution in [3.8, 4) is 11.5 Å². The Bertz CT molecular complexity index is 1210. The molecule has 0 bridgehead atoms. The maximum atomic E-state index is 12.8. The summed E-state index contributed by atoms with van der Waals surface area (Å²) in [6.07, 6.45) is 4.04. The molecule has 4 rings (SSSR count). The summed E-state index contributed by atoms with van der Waals surface area (Å²) >= 11 is 1.54. The Hall–Kier alpha value is -3.78. The molecule has 0 saturated carbocycles. The van der Waals surface area contributed by atoms with E-state index in [9.17, 15) is 4.79 Å². The van der Waals surface area contributed by atoms with Crippen molar-refractivity contribution in [3.05, 3.63) is 88.8 Å². The molecule has 8 heteroatoms. The minimum absolute atomic E-state index is 0.251. The second kappa shape index (κ2) is 10.2. The van der Waals surface area contributed by atoms with E-state index in [1.54, 1.807) is 32.5 Å². The summed E-state index contributed by atoms with van der Waals surface area (Å²) in [6.45, 7) is 2.08. The van der Waals surface area contributed by atoms with Crippen LogP contribution in [0.5, 0.6) is 11.5 Å². The molecule has 33 heavy (non-hydrogen) atoms. The highest BCUT2D eigenvalue weighted by Gasteiger charge is 2.26. The van der Waals surface area contributed by atoms with Gasteiger partial charge in [0.15, 0.2) is 5.76 Å². The minimum Gasteiger partial charge on any atom is -0.497 e. The number of nitrogens with zero attached hydrogens (tertiary/aromatic N) is 1. The summed E-state index contributed by atoms with van der Waals surface area (Å²) in [5, 5.41) is 7.26. The highest BCUT2D eigenvalue weighted by atomic mass is 32.1. The molecule has 0 radical (unpaired) electrons. The van der Waals surface area contributed by atoms with E-state index >= 15 is 0 Å². The van der Waals surface area contributed by atoms with Crippen molar-refractivity contribution in [3.63, 3.8) is 0 Å². The lowest BCUT2D eigenvalue weighted by Gasteiger charge is -2.23. The first-order chi connectivity index (χ1) is 16.1. The smallest absolute Gasteiger partial charge is 0.291 e. The Kier molecular flexibility index (Phi) is 6.95. The molecule has 2 N–H and O–H groups in total. The van der Waals surface area contributed by atoms with Crippen molar-refractivity contribution in [1.82, 2.24) is 4.98 Å². The number of nitrogens with one attached hydrogen (secondary N) is 2. The van der Waals surface area contributed by atoms with Gasteiger partial charge in [-0.2, -0.15) is 0 Å². The molecule has 4 aromatic rings. The lowest BCUT2D eigenvalue weighted by Crippen LogP contribution is -2.17. The zero-order chi connectivity index (χ0) is 23.2. The third kappa shape index (κ3) is 5.01. The lowest BCUT2D eigenvalue weighted by molar-refractivity contribution is 0.0997. The van der Waals surface area contributed by atoms with Gasteiger partial charge in [-0.15, -0.1) is 11.3 Å². The number of hydrogen-bond acceptors (Lipinski definition) is 7. The number of furan rings is 1. The molecule has 7 nitrogen and oxygen atoms in total. The number of carbonyl (C=O) groups is 1. The number of thiophene rings is 1. The molecule has 0 unspecified atom stereocenters. The number of aromatic nitrogens is 1. The van der Waals surface area contributed by atoms with Crippen LogP contribution in [0.1, 0.15) is 39.5 Å². The summed E-state index contributed by atoms with van der Waals surface area (Å²) in [5.74, 6) is 2.03. The molecule has 0 fully saturated rings. The molecule has 3 aromatic heterocycles. The molecule has 1 aromatic carbocycles. The largest absolute Gasteiger partial charge is 0.497 e. The standard InChI is InChI=1S/C25H25N3O4S/c1-4-17-15-19(25(33-17)28-24(29)21-8-7-13-32-21)23(27-22-9-5-6-12-26-22)18-14-16(30-2)10-11-20(18)31-3/h5-15,23H,4H2,1-3H3,(H,26,27)(H,28,29)/t23-/m1/s1. The van der Waals surface area contributed by atoms with Gasteiger partial charge >= 0.3 is 0 Å². The van der Waals surface area contributed by atoms with Gasteiger partial charge in [0, 0.05) is 22.2 Å². The SMILES string of the molecule is CCc1cc([C@H](Nc2ccccn2)c2cc(OC)ccc2OC)c(NC(=O)c2ccco2)s1. The van der Waals surface area contributed by atoms with E-state index in [2.05, 4.69) is 28.6 Å². The Morgan fingerprint density at radius 1 is 1.09 bits per heavy atom. The molecule has 0 spiro atoms. The van der Waals surface area contributed by atoms with Crippen LogP contribution >= 0.6 is 11.3 Å². The third-order valence-electron chi connectivity index (χ3n) is 5.15. The Balaban J connectivity index is 1.82. The first-order valence-electron chi connectivity index (χ1n) is 10.5. The van der Waals surface area contributed by atoms with Crippen LogP contribution in [0, 0.1) is 0 Å². The quantitative estimate of drug-likeness (QED) is 0.328. The van der Waals surface area contributed by atoms with Gasteiger partial charge in [-0.3, -0.25) is 4.79 Å². The number of methoxy groups -OCH3 is 2. The minimum atomic E-state index is -0.367. The van der Waals surface area contributed by atoms with Gasteiger partial charge in [0.2, 0.25) is 0 Å². The Morgan fingerprint density at radius 3 is 2.64 bits per heavy atom. The van der Waals surface area contributed by atoms with Crippen molar-refractivity contribution in [1.29, 1.82) is 0 Å². The first kappa shape index (κ1) is 22.4. The van der Waals surface area contributed by atoms with Gasteiger partial charge in [0.05, 0.1) is 26.5 Å². The molecular formula is C25H25N3O4S. The van der Waals surface area contributed by atoms with Gasteiger partial charge in [-0.1, -0.05) is 13.0 Å². The first-order valence-corrected chi connectivity index (χ1v) is 11.3. The number of benzene rings is 1. The number of aryl methyl sites for hydroxylation is 1. The van der Waals surface area contributed by atoms with Crippen LogP contribution in [0.15, 0.2) is 71.5 Å². The van der Waals surface area contributed by atoms with E-state index in [0.717, 1.165) is 27.4 Å². The maximum absolute atomic E-state index is 12.8. The number of pyridine rings is 1. The van der Waals surface area contributed by atoms with Crippen LogP contribution < -0.4 is 20.1 Å². The highest BCUT2D eigenvalue weighted by molar-refractivity contribution is 7.16. The van der Waals surface area contributed by atoms with Crippen LogP contribution in [-0.4, -0.2) is 25.1 Å². The number of ether oxygens (including phenoxy) is 2. The summed E-state index contributed by atoms with van der Waals surface area (Å²) in [5.41, 5.74) is 1.76. The van der Waals surface area contributed by atoms with Gasteiger partial charge in [-0.25, -0.2) is 4.98 Å². The molecule has 170 valence electrons. The fourth-order valence-electron chi connectivity index (χ4n) is 3.50. The molecule has 3 heterocycles. The zero-order valence-corrected chi connectivity index (χ0v) is 19.4. The molecule has 0 saturated heterocycles. The predicted octanol–water partition coefficient (Wildman–Crippen LogP) is 5.77. The van der Waals surface area contributed by atoms with Crippen molar-refractivity contribution >= 4 is 28.1 Å². The average molecular weight is 464 g/mol. The van der Waals surface area contributed by atoms with E-state index in [4.69, 9.17) is 13.9 Å². The van der Waals surface area contributed by atoms with Crippen LogP contribution in [0.3, 0.4) is 0 Å². The summed E-state index contributed by atoms with van der Waals surface area (Å²) in [4.78, 5) is 18.4. The third-order valence-corrected chi connectivity index (χ3v) is 6.36. The van der Waals surface area contributed by atoms with E-state index in [1.807, 2.05) is 36.4 Å². The highest BCUT2D eigenvalue weighted by Crippen LogP contribution is 2.41. The summed E-state index contributed by atoms with van der Waals surface area (Å²) in [6, 6.07) is 16.4. The van der Waals surface area contributed by atoms with Crippen molar-refractivity contribution in [2.24, 2.45) is 0 Å². The fraction of sp³-hybridized carbons (Fsp3) is 0.200. The van der Waals surface area contributed by atoms with Crippen molar-refractivity contribution in [2.45, 2.75) is 19.4 Å². The fourth-order valence-corrected chi connectivity index (χ4v) is 4.53. The van der Waals surface area contributed by atoms with Crippen molar-refractivity contribution in [2.75, 3.05) is 24.9 Å². The second-order valence-electron chi connectivity index (χ2n) is 7.18. The van der Waals surface area contributed by atoms with E-state index in [0.29, 0.717) is 17.3 Å². The second-order valence-corrected chi connectivity index (χ2v) is 8.32. The monoisotopic (exact) mass is 463 g/mol. The van der Waals surface area contributed by atoms with Gasteiger partial charge < -0.3 is 24.5 Å². The van der Waals surface area contributed by atoms with Crippen molar-refractivity contribution < 1.29 is 18.7 Å². The zero-order valence-electron chi connectivity index (χ0n) is 18.6. The summed E-state index contributed by atoms with van der Waals surface area (Å²) < 4.78 is 16.4. The molecule has 0 aliphatic carbocycles. The number of amides is 1. The molecule has 0 aliphatic heterocycles. The van der Waals surface area contributed by atoms with E-state index in [1.165, 1.54) is 17.6 Å². The number of hydrogen-bond donors (Lipinski definition) is 2. The predicted molar refractivity (Wildman–Crippen MR) is 130 cm³/mol. The molecular weight excluding hydrogens is 438 g/mol. The maximum Gasteiger partial charge on any atom is 0.291 e. The van der Waals surface area contributed by atoms with Gasteiger partial charge in [-0.05, 0) is 55.0 Å². The Morgan fingerprint density at radius 2 is 1.97 bits per heavy atom. The van der Waals surface area contributed by atoms with Crippen LogP contribution in [0.25, 0.3) is 0 Å². The Labute approximate surface area is 196 Å².